The molecular formula is C19H15N3. The van der Waals surface area contributed by atoms with Crippen LogP contribution in [0.2, 0.25) is 0 Å². The zero-order chi connectivity index (χ0) is 14.7. The molecule has 0 aromatic heterocycles. The fourth-order valence-electron chi connectivity index (χ4n) is 3.60. The van der Waals surface area contributed by atoms with Crippen LogP contribution < -0.4 is 16.0 Å². The molecule has 3 N–H and O–H groups in total. The summed E-state index contributed by atoms with van der Waals surface area (Å²) >= 11 is 0. The van der Waals surface area contributed by atoms with Gasteiger partial charge in [-0.2, -0.15) is 0 Å². The second-order valence-corrected chi connectivity index (χ2v) is 5.80. The zero-order valence-electron chi connectivity index (χ0n) is 12.0. The van der Waals surface area contributed by atoms with E-state index in [4.69, 9.17) is 5.73 Å². The molecule has 0 saturated carbocycles. The fraction of sp³-hybridized carbons (Fsp3) is 0.0526. The largest absolute Gasteiger partial charge is 0.399 e. The van der Waals surface area contributed by atoms with Crippen LogP contribution in [0.15, 0.2) is 66.7 Å². The van der Waals surface area contributed by atoms with E-state index in [0.29, 0.717) is 0 Å². The van der Waals surface area contributed by atoms with Gasteiger partial charge in [0.2, 0.25) is 0 Å². The highest BCUT2D eigenvalue weighted by Gasteiger charge is 2.37. The summed E-state index contributed by atoms with van der Waals surface area (Å²) in [6.45, 7) is 0. The lowest BCUT2D eigenvalue weighted by Gasteiger charge is -2.35. The van der Waals surface area contributed by atoms with E-state index < -0.39 is 0 Å². The Morgan fingerprint density at radius 3 is 2.59 bits per heavy atom. The number of hydrogen-bond acceptors (Lipinski definition) is 3. The molecule has 2 aliphatic rings. The number of hydrogen-bond donors (Lipinski definition) is 2. The first-order valence-electron chi connectivity index (χ1n) is 7.46. The van der Waals surface area contributed by atoms with Crippen molar-refractivity contribution in [3.63, 3.8) is 0 Å². The number of benzene rings is 3. The van der Waals surface area contributed by atoms with Gasteiger partial charge in [0.1, 0.15) is 6.17 Å². The van der Waals surface area contributed by atoms with Gasteiger partial charge in [-0.1, -0.05) is 42.5 Å². The Bertz CT molecular complexity index is 901. The number of fused-ring (bicyclic) bond motifs is 8. The van der Waals surface area contributed by atoms with Crippen molar-refractivity contribution in [1.29, 1.82) is 0 Å². The third kappa shape index (κ3) is 1.40. The van der Waals surface area contributed by atoms with E-state index in [1.165, 1.54) is 28.1 Å². The predicted octanol–water partition coefficient (Wildman–Crippen LogP) is 4.51. The maximum Gasteiger partial charge on any atom is 0.131 e. The summed E-state index contributed by atoms with van der Waals surface area (Å²) in [6.07, 6.45) is 0.128. The van der Waals surface area contributed by atoms with Gasteiger partial charge in [0, 0.05) is 16.8 Å². The molecule has 3 nitrogen and oxygen atoms in total. The number of nitrogens with zero attached hydrogens (tertiary/aromatic N) is 1. The Hall–Kier alpha value is -2.94. The second kappa shape index (κ2) is 4.04. The molecule has 0 bridgehead atoms. The predicted molar refractivity (Wildman–Crippen MR) is 91.2 cm³/mol. The molecule has 5 rings (SSSR count). The molecule has 2 aliphatic heterocycles. The maximum absolute atomic E-state index is 6.06. The molecule has 3 aromatic carbocycles. The summed E-state index contributed by atoms with van der Waals surface area (Å²) in [5.74, 6) is 0. The Labute approximate surface area is 129 Å². The molecule has 0 aliphatic carbocycles. The second-order valence-electron chi connectivity index (χ2n) is 5.80. The molecule has 3 aromatic rings. The van der Waals surface area contributed by atoms with Crippen molar-refractivity contribution in [3.8, 4) is 11.1 Å². The normalized spacial score (nSPS) is 17.1. The summed E-state index contributed by atoms with van der Waals surface area (Å²) in [4.78, 5) is 2.35. The van der Waals surface area contributed by atoms with Gasteiger partial charge < -0.3 is 16.0 Å². The third-order valence-electron chi connectivity index (χ3n) is 4.54. The van der Waals surface area contributed by atoms with E-state index in [1.54, 1.807) is 0 Å². The monoisotopic (exact) mass is 285 g/mol. The van der Waals surface area contributed by atoms with Gasteiger partial charge in [-0.15, -0.1) is 0 Å². The highest BCUT2D eigenvalue weighted by molar-refractivity contribution is 5.95. The quantitative estimate of drug-likeness (QED) is 0.597. The van der Waals surface area contributed by atoms with Crippen LogP contribution in [0.3, 0.4) is 0 Å². The summed E-state index contributed by atoms with van der Waals surface area (Å²) in [5.41, 5.74) is 14.2. The molecular weight excluding hydrogens is 270 g/mol. The van der Waals surface area contributed by atoms with Crippen molar-refractivity contribution in [1.82, 2.24) is 0 Å². The number of anilines is 4. The van der Waals surface area contributed by atoms with Crippen LogP contribution in [0.4, 0.5) is 22.7 Å². The van der Waals surface area contributed by atoms with Crippen molar-refractivity contribution < 1.29 is 0 Å². The molecule has 0 fully saturated rings. The van der Waals surface area contributed by atoms with Gasteiger partial charge in [-0.3, -0.25) is 0 Å². The van der Waals surface area contributed by atoms with Crippen LogP contribution in [0.5, 0.6) is 0 Å². The highest BCUT2D eigenvalue weighted by Crippen LogP contribution is 2.54. The van der Waals surface area contributed by atoms with Crippen LogP contribution in [0.25, 0.3) is 11.1 Å². The summed E-state index contributed by atoms with van der Waals surface area (Å²) < 4.78 is 0. The summed E-state index contributed by atoms with van der Waals surface area (Å²) in [6, 6.07) is 23.2. The van der Waals surface area contributed by atoms with Crippen LogP contribution >= 0.6 is 0 Å². The molecule has 22 heavy (non-hydrogen) atoms. The van der Waals surface area contributed by atoms with E-state index in [0.717, 1.165) is 11.4 Å². The molecule has 0 saturated heterocycles. The molecule has 0 radical (unpaired) electrons. The average Bonchev–Trinajstić information content (AvgIpc) is 2.95. The molecule has 0 amide bonds. The average molecular weight is 285 g/mol. The lowest BCUT2D eigenvalue weighted by molar-refractivity contribution is 0.819. The topological polar surface area (TPSA) is 41.3 Å². The van der Waals surface area contributed by atoms with E-state index in [9.17, 15) is 0 Å². The van der Waals surface area contributed by atoms with Crippen molar-refractivity contribution in [2.45, 2.75) is 6.17 Å². The van der Waals surface area contributed by atoms with Gasteiger partial charge >= 0.3 is 0 Å². The molecule has 1 unspecified atom stereocenters. The van der Waals surface area contributed by atoms with Gasteiger partial charge in [-0.05, 0) is 29.8 Å². The highest BCUT2D eigenvalue weighted by atomic mass is 15.3. The van der Waals surface area contributed by atoms with Crippen LogP contribution in [0, 0.1) is 0 Å². The Balaban J connectivity index is 1.86. The van der Waals surface area contributed by atoms with E-state index in [-0.39, 0.29) is 6.17 Å². The Morgan fingerprint density at radius 2 is 1.64 bits per heavy atom. The third-order valence-corrected chi connectivity index (χ3v) is 4.54. The first-order chi connectivity index (χ1) is 10.8. The molecule has 106 valence electrons. The van der Waals surface area contributed by atoms with Crippen molar-refractivity contribution in [2.75, 3.05) is 16.0 Å². The minimum absolute atomic E-state index is 0.128. The van der Waals surface area contributed by atoms with Crippen LogP contribution in [0.1, 0.15) is 11.7 Å². The van der Waals surface area contributed by atoms with Crippen molar-refractivity contribution in [3.05, 3.63) is 72.3 Å². The summed E-state index contributed by atoms with van der Waals surface area (Å²) in [5, 5.41) is 3.64. The Morgan fingerprint density at radius 1 is 0.818 bits per heavy atom. The zero-order valence-corrected chi connectivity index (χ0v) is 12.0. The number of rotatable bonds is 0. The standard InChI is InChI=1S/C19H15N3/c20-12-9-10-14-13-5-1-2-6-15(13)19-21-16-7-3-4-8-17(16)22(19)18(14)11-12/h1-11,19,21H,20H2. The fourth-order valence-corrected chi connectivity index (χ4v) is 3.60. The van der Waals surface area contributed by atoms with E-state index in [2.05, 4.69) is 70.9 Å². The smallest absolute Gasteiger partial charge is 0.131 e. The summed E-state index contributed by atoms with van der Waals surface area (Å²) in [7, 11) is 0. The van der Waals surface area contributed by atoms with Crippen molar-refractivity contribution in [2.24, 2.45) is 0 Å². The van der Waals surface area contributed by atoms with Crippen molar-refractivity contribution >= 4 is 22.7 Å². The van der Waals surface area contributed by atoms with E-state index >= 15 is 0 Å². The molecule has 3 heteroatoms. The molecule has 1 atom stereocenters. The molecule has 0 spiro atoms. The lowest BCUT2D eigenvalue weighted by Crippen LogP contribution is -2.27. The first-order valence-corrected chi connectivity index (χ1v) is 7.46. The number of para-hydroxylation sites is 2. The van der Waals surface area contributed by atoms with Gasteiger partial charge in [-0.25, -0.2) is 0 Å². The van der Waals surface area contributed by atoms with E-state index in [1.807, 2.05) is 6.07 Å². The minimum Gasteiger partial charge on any atom is -0.399 e. The first kappa shape index (κ1) is 11.7. The Kier molecular flexibility index (Phi) is 2.15. The van der Waals surface area contributed by atoms with Gasteiger partial charge in [0.15, 0.2) is 0 Å². The van der Waals surface area contributed by atoms with Crippen LogP contribution in [-0.2, 0) is 0 Å². The van der Waals surface area contributed by atoms with Gasteiger partial charge in [0.25, 0.3) is 0 Å². The SMILES string of the molecule is Nc1ccc2c(c1)N1c3ccccc3NC1c1ccccc1-2. The van der Waals surface area contributed by atoms with Crippen LogP contribution in [-0.4, -0.2) is 0 Å². The number of nitrogens with two attached hydrogens (primary N) is 1. The van der Waals surface area contributed by atoms with Gasteiger partial charge in [0.05, 0.1) is 17.1 Å². The number of nitrogen functional groups attached to an aromatic ring is 1. The lowest BCUT2D eigenvalue weighted by atomic mass is 9.91. The minimum atomic E-state index is 0.128. The molecule has 2 heterocycles. The number of nitrogens with one attached hydrogen (secondary N) is 1. The maximum atomic E-state index is 6.06.